The molecule has 1 atom stereocenters. The van der Waals surface area contributed by atoms with Gasteiger partial charge < -0.3 is 5.32 Å². The van der Waals surface area contributed by atoms with Crippen molar-refractivity contribution in [3.05, 3.63) is 33.0 Å². The van der Waals surface area contributed by atoms with Crippen molar-refractivity contribution >= 4 is 22.9 Å². The first-order valence-electron chi connectivity index (χ1n) is 5.92. The summed E-state index contributed by atoms with van der Waals surface area (Å²) in [5.41, 5.74) is 1.14. The lowest BCUT2D eigenvalue weighted by molar-refractivity contribution is 0.556. The number of aromatic nitrogens is 2. The fraction of sp³-hybridized carbons (Fsp3) is 0.500. The Labute approximate surface area is 110 Å². The molecule has 92 valence electrons. The maximum absolute atomic E-state index is 4.20. The van der Waals surface area contributed by atoms with Gasteiger partial charge in [-0.15, -0.1) is 16.4 Å². The summed E-state index contributed by atoms with van der Waals surface area (Å²) in [5, 5.41) is 9.86. The van der Waals surface area contributed by atoms with Crippen LogP contribution in [-0.2, 0) is 12.8 Å². The Bertz CT molecular complexity index is 436. The molecule has 2 heterocycles. The first-order chi connectivity index (χ1) is 8.35. The Morgan fingerprint density at radius 3 is 2.94 bits per heavy atom. The van der Waals surface area contributed by atoms with Gasteiger partial charge in [-0.3, -0.25) is 0 Å². The van der Waals surface area contributed by atoms with Crippen molar-refractivity contribution in [3.8, 4) is 0 Å². The van der Waals surface area contributed by atoms with Crippen molar-refractivity contribution in [1.82, 2.24) is 14.9 Å². The average Bonchev–Trinajstić information content (AvgIpc) is 2.98. The van der Waals surface area contributed by atoms with Crippen LogP contribution in [-0.4, -0.2) is 16.1 Å². The van der Waals surface area contributed by atoms with Crippen LogP contribution >= 0.6 is 22.9 Å². The third-order valence-corrected chi connectivity index (χ3v) is 4.45. The molecule has 17 heavy (non-hydrogen) atoms. The van der Waals surface area contributed by atoms with E-state index >= 15 is 0 Å². The molecule has 0 fully saturated rings. The van der Waals surface area contributed by atoms with Crippen LogP contribution in [0.1, 0.15) is 35.3 Å². The second kappa shape index (κ2) is 6.23. The third kappa shape index (κ3) is 3.12. The lowest BCUT2D eigenvalue weighted by Crippen LogP contribution is -2.22. The summed E-state index contributed by atoms with van der Waals surface area (Å²) in [7, 11) is 0. The molecule has 0 aliphatic rings. The van der Waals surface area contributed by atoms with E-state index in [0.717, 1.165) is 25.1 Å². The number of nitrogens with zero attached hydrogens (tertiary/aromatic N) is 2. The quantitative estimate of drug-likeness (QED) is 0.874. The van der Waals surface area contributed by atoms with Gasteiger partial charge in [-0.25, -0.2) is 0 Å². The average molecular weight is 267 g/mol. The topological polar surface area (TPSA) is 37.8 Å². The Hall–Kier alpha value is -0.780. The Balaban J connectivity index is 2.16. The van der Waals surface area contributed by atoms with Crippen LogP contribution in [0.4, 0.5) is 0 Å². The zero-order valence-corrected chi connectivity index (χ0v) is 11.8. The minimum Gasteiger partial charge on any atom is -0.309 e. The fourth-order valence-corrected chi connectivity index (χ4v) is 3.42. The summed E-state index contributed by atoms with van der Waals surface area (Å²) in [6.45, 7) is 5.24. The summed E-state index contributed by atoms with van der Waals surface area (Å²) >= 11 is 3.34. The Morgan fingerprint density at radius 2 is 2.29 bits per heavy atom. The van der Waals surface area contributed by atoms with Gasteiger partial charge in [0.25, 0.3) is 0 Å². The molecule has 2 aromatic rings. The highest BCUT2D eigenvalue weighted by atomic mass is 32.1. The second-order valence-corrected chi connectivity index (χ2v) is 5.65. The van der Waals surface area contributed by atoms with Crippen LogP contribution in [0.3, 0.4) is 0 Å². The number of aryl methyl sites for hydroxylation is 1. The van der Waals surface area contributed by atoms with Gasteiger partial charge >= 0.3 is 0 Å². The van der Waals surface area contributed by atoms with Crippen LogP contribution in [0, 0.1) is 0 Å². The van der Waals surface area contributed by atoms with Crippen LogP contribution in [0.5, 0.6) is 0 Å². The largest absolute Gasteiger partial charge is 0.309 e. The van der Waals surface area contributed by atoms with E-state index in [1.54, 1.807) is 0 Å². The minimum atomic E-state index is 0.355. The van der Waals surface area contributed by atoms with E-state index < -0.39 is 0 Å². The molecule has 0 saturated heterocycles. The number of rotatable bonds is 6. The highest BCUT2D eigenvalue weighted by Crippen LogP contribution is 2.26. The molecule has 2 rings (SSSR count). The van der Waals surface area contributed by atoms with Crippen molar-refractivity contribution in [2.75, 3.05) is 6.54 Å². The van der Waals surface area contributed by atoms with Crippen molar-refractivity contribution in [2.24, 2.45) is 0 Å². The summed E-state index contributed by atoms with van der Waals surface area (Å²) < 4.78 is 4.08. The number of hydrogen-bond acceptors (Lipinski definition) is 5. The van der Waals surface area contributed by atoms with Gasteiger partial charge in [0.05, 0.1) is 10.6 Å². The standard InChI is InChI=1S/C12H17N3S2/c1-3-10-12(17-15-14-10)11(13-4-2)8-9-6-5-7-16-9/h5-7,11,13H,3-4,8H2,1-2H3. The normalized spacial score (nSPS) is 12.8. The smallest absolute Gasteiger partial charge is 0.0801 e. The summed E-state index contributed by atoms with van der Waals surface area (Å²) in [4.78, 5) is 2.70. The van der Waals surface area contributed by atoms with Gasteiger partial charge in [0.1, 0.15) is 0 Å². The van der Waals surface area contributed by atoms with E-state index in [-0.39, 0.29) is 0 Å². The van der Waals surface area contributed by atoms with Gasteiger partial charge in [0.2, 0.25) is 0 Å². The fourth-order valence-electron chi connectivity index (χ4n) is 1.86. The molecule has 0 amide bonds. The van der Waals surface area contributed by atoms with Crippen LogP contribution in [0.15, 0.2) is 17.5 Å². The van der Waals surface area contributed by atoms with Gasteiger partial charge in [0.15, 0.2) is 0 Å². The first-order valence-corrected chi connectivity index (χ1v) is 7.57. The SMILES string of the molecule is CCNC(Cc1cccs1)c1snnc1CC. The number of nitrogens with one attached hydrogen (secondary N) is 1. The molecule has 0 aliphatic carbocycles. The highest BCUT2D eigenvalue weighted by Gasteiger charge is 2.18. The Kier molecular flexibility index (Phi) is 4.65. The van der Waals surface area contributed by atoms with E-state index in [0.29, 0.717) is 6.04 Å². The molecule has 0 spiro atoms. The van der Waals surface area contributed by atoms with Gasteiger partial charge in [-0.2, -0.15) is 0 Å². The molecule has 0 radical (unpaired) electrons. The summed E-state index contributed by atoms with van der Waals surface area (Å²) in [6, 6.07) is 4.65. The molecular formula is C12H17N3S2. The molecule has 2 aromatic heterocycles. The maximum atomic E-state index is 4.20. The molecule has 0 aromatic carbocycles. The molecule has 1 N–H and O–H groups in total. The predicted octanol–water partition coefficient (Wildman–Crippen LogP) is 3.06. The number of likely N-dealkylation sites (N-methyl/N-ethyl adjacent to an activating group) is 1. The molecule has 3 nitrogen and oxygen atoms in total. The third-order valence-electron chi connectivity index (χ3n) is 2.67. The molecular weight excluding hydrogens is 250 g/mol. The molecule has 0 saturated carbocycles. The lowest BCUT2D eigenvalue weighted by Gasteiger charge is -2.15. The van der Waals surface area contributed by atoms with Gasteiger partial charge in [-0.05, 0) is 35.9 Å². The van der Waals surface area contributed by atoms with Crippen LogP contribution in [0.2, 0.25) is 0 Å². The lowest BCUT2D eigenvalue weighted by atomic mass is 10.1. The zero-order chi connectivity index (χ0) is 12.1. The molecule has 0 aliphatic heterocycles. The van der Waals surface area contributed by atoms with Gasteiger partial charge in [0, 0.05) is 17.3 Å². The Morgan fingerprint density at radius 1 is 1.41 bits per heavy atom. The van der Waals surface area contributed by atoms with Crippen LogP contribution < -0.4 is 5.32 Å². The van der Waals surface area contributed by atoms with Crippen molar-refractivity contribution in [1.29, 1.82) is 0 Å². The highest BCUT2D eigenvalue weighted by molar-refractivity contribution is 7.10. The van der Waals surface area contributed by atoms with Crippen molar-refractivity contribution < 1.29 is 0 Å². The van der Waals surface area contributed by atoms with Gasteiger partial charge in [-0.1, -0.05) is 24.4 Å². The molecule has 1 unspecified atom stereocenters. The molecule has 0 bridgehead atoms. The van der Waals surface area contributed by atoms with E-state index in [2.05, 4.69) is 46.3 Å². The van der Waals surface area contributed by atoms with E-state index in [4.69, 9.17) is 0 Å². The summed E-state index contributed by atoms with van der Waals surface area (Å²) in [6.07, 6.45) is 1.99. The molecule has 5 heteroatoms. The summed E-state index contributed by atoms with van der Waals surface area (Å²) in [5.74, 6) is 0. The monoisotopic (exact) mass is 267 g/mol. The van der Waals surface area contributed by atoms with Crippen LogP contribution in [0.25, 0.3) is 0 Å². The number of hydrogen-bond donors (Lipinski definition) is 1. The van der Waals surface area contributed by atoms with E-state index in [1.807, 2.05) is 11.3 Å². The second-order valence-electron chi connectivity index (χ2n) is 3.83. The minimum absolute atomic E-state index is 0.355. The first kappa shape index (κ1) is 12.7. The van der Waals surface area contributed by atoms with E-state index in [9.17, 15) is 0 Å². The van der Waals surface area contributed by atoms with Crippen molar-refractivity contribution in [2.45, 2.75) is 32.7 Å². The maximum Gasteiger partial charge on any atom is 0.0801 e. The van der Waals surface area contributed by atoms with Crippen molar-refractivity contribution in [3.63, 3.8) is 0 Å². The van der Waals surface area contributed by atoms with E-state index in [1.165, 1.54) is 21.3 Å². The predicted molar refractivity (Wildman–Crippen MR) is 73.7 cm³/mol. The zero-order valence-electron chi connectivity index (χ0n) is 10.1. The number of thiophene rings is 1.